The van der Waals surface area contributed by atoms with Crippen molar-refractivity contribution < 1.29 is 13.5 Å². The highest BCUT2D eigenvalue weighted by atomic mass is 19.1. The normalized spacial score (nSPS) is 10.9. The van der Waals surface area contributed by atoms with Crippen molar-refractivity contribution in [1.29, 1.82) is 5.26 Å². The summed E-state index contributed by atoms with van der Waals surface area (Å²) in [7, 11) is 1.53. The number of oxazole rings is 1. The highest BCUT2D eigenvalue weighted by Crippen LogP contribution is 2.33. The van der Waals surface area contributed by atoms with Gasteiger partial charge in [-0.25, -0.2) is 14.4 Å². The predicted octanol–water partition coefficient (Wildman–Crippen LogP) is 3.66. The van der Waals surface area contributed by atoms with E-state index in [4.69, 9.17) is 14.4 Å². The van der Waals surface area contributed by atoms with E-state index in [2.05, 4.69) is 20.6 Å². The van der Waals surface area contributed by atoms with Crippen LogP contribution < -0.4 is 15.4 Å². The maximum atomic E-state index is 13.3. The number of benzene rings is 2. The van der Waals surface area contributed by atoms with Crippen LogP contribution in [0, 0.1) is 17.3 Å². The van der Waals surface area contributed by atoms with E-state index in [0.29, 0.717) is 22.9 Å². The van der Waals surface area contributed by atoms with Gasteiger partial charge in [0.1, 0.15) is 11.6 Å². The van der Waals surface area contributed by atoms with Crippen molar-refractivity contribution in [3.63, 3.8) is 0 Å². The zero-order chi connectivity index (χ0) is 18.4. The number of aliphatic imine (C=N–C) groups is 1. The Balaban J connectivity index is 1.91. The number of nitrogens with zero attached hydrogens (tertiary/aromatic N) is 3. The number of guanidine groups is 1. The lowest BCUT2D eigenvalue weighted by molar-refractivity contribution is 0.415. The molecule has 0 saturated heterocycles. The van der Waals surface area contributed by atoms with Gasteiger partial charge in [0.25, 0.3) is 0 Å². The van der Waals surface area contributed by atoms with Crippen molar-refractivity contribution in [2.75, 3.05) is 12.4 Å². The molecule has 7 nitrogen and oxygen atoms in total. The molecule has 0 bridgehead atoms. The lowest BCUT2D eigenvalue weighted by Crippen LogP contribution is -2.26. The summed E-state index contributed by atoms with van der Waals surface area (Å²) in [6.45, 7) is 0. The van der Waals surface area contributed by atoms with Gasteiger partial charge in [-0.3, -0.25) is 5.32 Å². The van der Waals surface area contributed by atoms with Gasteiger partial charge < -0.3 is 14.5 Å². The van der Waals surface area contributed by atoms with Crippen LogP contribution in [-0.2, 0) is 0 Å². The average Bonchev–Trinajstić information content (AvgIpc) is 3.16. The molecule has 0 aliphatic heterocycles. The first-order valence-electron chi connectivity index (χ1n) is 7.53. The summed E-state index contributed by atoms with van der Waals surface area (Å²) in [5, 5.41) is 14.2. The Morgan fingerprint density at radius 3 is 2.88 bits per heavy atom. The van der Waals surface area contributed by atoms with Gasteiger partial charge in [0.15, 0.2) is 18.3 Å². The maximum absolute atomic E-state index is 13.3. The van der Waals surface area contributed by atoms with Crippen molar-refractivity contribution in [2.45, 2.75) is 0 Å². The molecule has 0 unspecified atom stereocenters. The Morgan fingerprint density at radius 2 is 2.19 bits per heavy atom. The number of anilines is 1. The molecule has 0 fully saturated rings. The van der Waals surface area contributed by atoms with Crippen LogP contribution in [0.3, 0.4) is 0 Å². The van der Waals surface area contributed by atoms with E-state index in [1.165, 1.54) is 25.6 Å². The number of nitriles is 1. The fourth-order valence-corrected chi connectivity index (χ4v) is 2.27. The third-order valence-corrected chi connectivity index (χ3v) is 3.39. The van der Waals surface area contributed by atoms with Gasteiger partial charge in [-0.2, -0.15) is 5.26 Å². The Labute approximate surface area is 148 Å². The molecule has 2 N–H and O–H groups in total. The number of hydrogen-bond donors (Lipinski definition) is 2. The summed E-state index contributed by atoms with van der Waals surface area (Å²) in [5.74, 6) is 0.840. The van der Waals surface area contributed by atoms with Crippen molar-refractivity contribution in [3.05, 3.63) is 60.9 Å². The van der Waals surface area contributed by atoms with Crippen molar-refractivity contribution in [2.24, 2.45) is 4.99 Å². The SMILES string of the molecule is COc1cc(N=C(NC#N)Nc2cccc(F)c2)ccc1-c1cnco1. The van der Waals surface area contributed by atoms with Gasteiger partial charge in [0, 0.05) is 11.8 Å². The van der Waals surface area contributed by atoms with E-state index >= 15 is 0 Å². The van der Waals surface area contributed by atoms with Crippen LogP contribution in [0.5, 0.6) is 5.75 Å². The van der Waals surface area contributed by atoms with Crippen LogP contribution >= 0.6 is 0 Å². The quantitative estimate of drug-likeness (QED) is 0.322. The molecule has 0 aliphatic rings. The molecule has 0 radical (unpaired) electrons. The molecule has 130 valence electrons. The Bertz CT molecular complexity index is 964. The Hall–Kier alpha value is -3.86. The molecule has 0 spiro atoms. The molecule has 0 atom stereocenters. The molecule has 8 heteroatoms. The topological polar surface area (TPSA) is 95.5 Å². The summed E-state index contributed by atoms with van der Waals surface area (Å²) in [5.41, 5.74) is 1.69. The first-order chi connectivity index (χ1) is 12.7. The minimum Gasteiger partial charge on any atom is -0.496 e. The predicted molar refractivity (Wildman–Crippen MR) is 94.4 cm³/mol. The highest BCUT2D eigenvalue weighted by molar-refractivity contribution is 5.96. The van der Waals surface area contributed by atoms with Gasteiger partial charge in [0.05, 0.1) is 24.6 Å². The molecule has 1 heterocycles. The third-order valence-electron chi connectivity index (χ3n) is 3.39. The van der Waals surface area contributed by atoms with E-state index < -0.39 is 5.82 Å². The molecule has 3 aromatic rings. The van der Waals surface area contributed by atoms with Gasteiger partial charge in [-0.05, 0) is 30.3 Å². The van der Waals surface area contributed by atoms with Crippen LogP contribution in [0.2, 0.25) is 0 Å². The number of aromatic nitrogens is 1. The third kappa shape index (κ3) is 3.96. The summed E-state index contributed by atoms with van der Waals surface area (Å²) >= 11 is 0. The largest absolute Gasteiger partial charge is 0.496 e. The number of methoxy groups -OCH3 is 1. The van der Waals surface area contributed by atoms with Gasteiger partial charge in [0.2, 0.25) is 5.96 Å². The fraction of sp³-hybridized carbons (Fsp3) is 0.0556. The standard InChI is InChI=1S/C18H14FN5O2/c1-25-16-8-14(5-6-15(16)17-9-21-11-26-17)24-18(22-10-20)23-13-4-2-3-12(19)7-13/h2-9,11H,1H3,(H2,22,23,24). The smallest absolute Gasteiger partial charge is 0.214 e. The molecule has 3 rings (SSSR count). The number of hydrogen-bond acceptors (Lipinski definition) is 5. The fourth-order valence-electron chi connectivity index (χ4n) is 2.27. The van der Waals surface area contributed by atoms with Crippen LogP contribution in [-0.4, -0.2) is 18.1 Å². The molecule has 0 amide bonds. The average molecular weight is 351 g/mol. The lowest BCUT2D eigenvalue weighted by atomic mass is 10.1. The summed E-state index contributed by atoms with van der Waals surface area (Å²) in [4.78, 5) is 8.21. The van der Waals surface area contributed by atoms with Crippen molar-refractivity contribution in [3.8, 4) is 23.3 Å². The molecule has 0 aliphatic carbocycles. The van der Waals surface area contributed by atoms with Gasteiger partial charge in [-0.15, -0.1) is 0 Å². The molecule has 1 aromatic heterocycles. The first-order valence-corrected chi connectivity index (χ1v) is 7.53. The monoisotopic (exact) mass is 351 g/mol. The second-order valence-electron chi connectivity index (χ2n) is 5.08. The van der Waals surface area contributed by atoms with Crippen LogP contribution in [0.1, 0.15) is 0 Å². The second kappa shape index (κ2) is 7.81. The zero-order valence-electron chi connectivity index (χ0n) is 13.7. The minimum absolute atomic E-state index is 0.146. The van der Waals surface area contributed by atoms with E-state index in [1.807, 2.05) is 0 Å². The molecular weight excluding hydrogens is 337 g/mol. The van der Waals surface area contributed by atoms with E-state index in [0.717, 1.165) is 5.56 Å². The van der Waals surface area contributed by atoms with Crippen LogP contribution in [0.15, 0.2) is 64.5 Å². The Kier molecular flexibility index (Phi) is 5.10. The highest BCUT2D eigenvalue weighted by Gasteiger charge is 2.10. The second-order valence-corrected chi connectivity index (χ2v) is 5.08. The zero-order valence-corrected chi connectivity index (χ0v) is 13.7. The lowest BCUT2D eigenvalue weighted by Gasteiger charge is -2.10. The summed E-state index contributed by atoms with van der Waals surface area (Å²) in [6, 6.07) is 11.0. The maximum Gasteiger partial charge on any atom is 0.214 e. The number of halogens is 1. The van der Waals surface area contributed by atoms with Gasteiger partial charge in [-0.1, -0.05) is 6.07 Å². The Morgan fingerprint density at radius 1 is 1.31 bits per heavy atom. The van der Waals surface area contributed by atoms with E-state index in [1.54, 1.807) is 42.7 Å². The summed E-state index contributed by atoms with van der Waals surface area (Å²) < 4.78 is 24.0. The first kappa shape index (κ1) is 17.0. The van der Waals surface area contributed by atoms with Crippen LogP contribution in [0.25, 0.3) is 11.3 Å². The molecule has 0 saturated carbocycles. The van der Waals surface area contributed by atoms with E-state index in [9.17, 15) is 4.39 Å². The molecule has 2 aromatic carbocycles. The number of nitrogens with one attached hydrogen (secondary N) is 2. The van der Waals surface area contributed by atoms with Crippen LogP contribution in [0.4, 0.5) is 15.8 Å². The molecular formula is C18H14FN5O2. The minimum atomic E-state index is -0.399. The van der Waals surface area contributed by atoms with Crippen molar-refractivity contribution >= 4 is 17.3 Å². The molecule has 26 heavy (non-hydrogen) atoms. The van der Waals surface area contributed by atoms with Gasteiger partial charge >= 0.3 is 0 Å². The number of rotatable bonds is 4. The van der Waals surface area contributed by atoms with Crippen molar-refractivity contribution in [1.82, 2.24) is 10.3 Å². The van der Waals surface area contributed by atoms with E-state index in [-0.39, 0.29) is 5.96 Å². The summed E-state index contributed by atoms with van der Waals surface area (Å²) in [6.07, 6.45) is 4.70. The number of ether oxygens (including phenoxy) is 1.